The van der Waals surface area contributed by atoms with Crippen molar-refractivity contribution in [1.82, 2.24) is 0 Å². The number of carbonyl (C=O) groups is 1. The van der Waals surface area contributed by atoms with Gasteiger partial charge >= 0.3 is 0 Å². The van der Waals surface area contributed by atoms with E-state index in [1.807, 2.05) is 12.1 Å². The highest BCUT2D eigenvalue weighted by atomic mass is 16.6. The van der Waals surface area contributed by atoms with Crippen molar-refractivity contribution in [3.63, 3.8) is 0 Å². The molecule has 0 saturated heterocycles. The molecule has 0 bridgehead atoms. The Balaban J connectivity index is 1.96. The molecule has 0 unspecified atom stereocenters. The fraction of sp³-hybridized carbons (Fsp3) is 0.235. The maximum atomic E-state index is 11.3. The van der Waals surface area contributed by atoms with Crippen LogP contribution in [0.25, 0.3) is 0 Å². The number of nitro benzene ring substituents is 1. The average molecular weight is 311 g/mol. The zero-order valence-corrected chi connectivity index (χ0v) is 12.6. The molecule has 1 heterocycles. The average Bonchev–Trinajstić information content (AvgIpc) is 2.53. The van der Waals surface area contributed by atoms with E-state index in [0.717, 1.165) is 25.2 Å². The van der Waals surface area contributed by atoms with E-state index in [-0.39, 0.29) is 12.1 Å². The molecule has 118 valence electrons. The second-order valence-corrected chi connectivity index (χ2v) is 5.65. The molecule has 6 heteroatoms. The molecule has 1 amide bonds. The molecule has 2 N–H and O–H groups in total. The smallest absolute Gasteiger partial charge is 0.269 e. The van der Waals surface area contributed by atoms with Gasteiger partial charge in [0, 0.05) is 30.9 Å². The Morgan fingerprint density at radius 1 is 1.22 bits per heavy atom. The van der Waals surface area contributed by atoms with Gasteiger partial charge < -0.3 is 10.6 Å². The summed E-state index contributed by atoms with van der Waals surface area (Å²) in [5.41, 5.74) is 9.27. The van der Waals surface area contributed by atoms with E-state index < -0.39 is 10.8 Å². The van der Waals surface area contributed by atoms with Crippen molar-refractivity contribution in [3.05, 3.63) is 69.3 Å². The van der Waals surface area contributed by atoms with Crippen molar-refractivity contribution >= 4 is 17.3 Å². The van der Waals surface area contributed by atoms with E-state index in [2.05, 4.69) is 17.0 Å². The van der Waals surface area contributed by atoms with Crippen LogP contribution in [0.4, 0.5) is 11.4 Å². The first-order valence-electron chi connectivity index (χ1n) is 7.42. The van der Waals surface area contributed by atoms with E-state index in [0.29, 0.717) is 5.56 Å². The Bertz CT molecular complexity index is 773. The van der Waals surface area contributed by atoms with Crippen molar-refractivity contribution in [1.29, 1.82) is 0 Å². The summed E-state index contributed by atoms with van der Waals surface area (Å²) in [6.07, 6.45) is 0.901. The quantitative estimate of drug-likeness (QED) is 0.692. The molecule has 2 aromatic carbocycles. The molecule has 23 heavy (non-hydrogen) atoms. The van der Waals surface area contributed by atoms with Gasteiger partial charge in [-0.15, -0.1) is 0 Å². The topological polar surface area (TPSA) is 89.5 Å². The highest BCUT2D eigenvalue weighted by Gasteiger charge is 2.21. The zero-order chi connectivity index (χ0) is 16.4. The Morgan fingerprint density at radius 2 is 1.96 bits per heavy atom. The largest absolute Gasteiger partial charge is 0.369 e. The second kappa shape index (κ2) is 6.08. The normalized spacial score (nSPS) is 13.5. The molecule has 3 rings (SSSR count). The van der Waals surface area contributed by atoms with Crippen molar-refractivity contribution < 1.29 is 9.72 Å². The molecule has 2 aromatic rings. The monoisotopic (exact) mass is 311 g/mol. The maximum absolute atomic E-state index is 11.3. The lowest BCUT2D eigenvalue weighted by Crippen LogP contribution is -2.31. The molecule has 0 fully saturated rings. The van der Waals surface area contributed by atoms with Crippen molar-refractivity contribution in [3.8, 4) is 0 Å². The molecule has 0 radical (unpaired) electrons. The van der Waals surface area contributed by atoms with Crippen molar-refractivity contribution in [2.24, 2.45) is 5.73 Å². The molecular weight excluding hydrogens is 294 g/mol. The van der Waals surface area contributed by atoms with Crippen LogP contribution in [0.3, 0.4) is 0 Å². The summed E-state index contributed by atoms with van der Waals surface area (Å²) in [4.78, 5) is 24.0. The van der Waals surface area contributed by atoms with Gasteiger partial charge in [0.1, 0.15) is 0 Å². The van der Waals surface area contributed by atoms with Gasteiger partial charge in [0.05, 0.1) is 11.3 Å². The molecule has 6 nitrogen and oxygen atoms in total. The first-order chi connectivity index (χ1) is 11.0. The van der Waals surface area contributed by atoms with Gasteiger partial charge in [0.2, 0.25) is 5.91 Å². The number of benzene rings is 2. The molecule has 0 spiro atoms. The Hall–Kier alpha value is -2.89. The van der Waals surface area contributed by atoms with E-state index >= 15 is 0 Å². The van der Waals surface area contributed by atoms with E-state index in [1.165, 1.54) is 23.3 Å². The molecule has 0 aromatic heterocycles. The zero-order valence-electron chi connectivity index (χ0n) is 12.6. The first-order valence-corrected chi connectivity index (χ1v) is 7.42. The molecule has 0 atom stereocenters. The lowest BCUT2D eigenvalue weighted by atomic mass is 9.98. The number of rotatable bonds is 4. The predicted octanol–water partition coefficient (Wildman–Crippen LogP) is 2.19. The fourth-order valence-electron chi connectivity index (χ4n) is 3.02. The number of nitrogens with two attached hydrogens (primary N) is 1. The summed E-state index contributed by atoms with van der Waals surface area (Å²) in [5.74, 6) is -0.496. The standard InChI is InChI=1S/C17H17N3O3/c18-17(21)10-14-9-15(20(22)23)5-6-16(14)19-8-7-12-3-1-2-4-13(12)11-19/h1-6,9H,7-8,10-11H2,(H2,18,21). The van der Waals surface area contributed by atoms with Crippen LogP contribution in [0.15, 0.2) is 42.5 Å². The van der Waals surface area contributed by atoms with Gasteiger partial charge in [-0.3, -0.25) is 14.9 Å². The Kier molecular flexibility index (Phi) is 3.97. The van der Waals surface area contributed by atoms with E-state index in [4.69, 9.17) is 5.73 Å². The van der Waals surface area contributed by atoms with Gasteiger partial charge in [-0.25, -0.2) is 0 Å². The Labute approximate surface area is 133 Å². The minimum atomic E-state index is -0.496. The third-order valence-electron chi connectivity index (χ3n) is 4.11. The maximum Gasteiger partial charge on any atom is 0.269 e. The van der Waals surface area contributed by atoms with Crippen LogP contribution >= 0.6 is 0 Å². The van der Waals surface area contributed by atoms with Crippen molar-refractivity contribution in [2.45, 2.75) is 19.4 Å². The van der Waals surface area contributed by atoms with Gasteiger partial charge in [-0.1, -0.05) is 24.3 Å². The molecule has 0 saturated carbocycles. The number of hydrogen-bond acceptors (Lipinski definition) is 4. The van der Waals surface area contributed by atoms with Crippen LogP contribution in [-0.4, -0.2) is 17.4 Å². The first kappa shape index (κ1) is 15.0. The lowest BCUT2D eigenvalue weighted by molar-refractivity contribution is -0.384. The van der Waals surface area contributed by atoms with Crippen LogP contribution in [0.5, 0.6) is 0 Å². The molecule has 1 aliphatic heterocycles. The molecular formula is C17H17N3O3. The van der Waals surface area contributed by atoms with Crippen LogP contribution in [0.2, 0.25) is 0 Å². The number of nitrogens with zero attached hydrogens (tertiary/aromatic N) is 2. The number of fused-ring (bicyclic) bond motifs is 1. The predicted molar refractivity (Wildman–Crippen MR) is 87.2 cm³/mol. The number of amides is 1. The van der Waals surface area contributed by atoms with E-state index in [9.17, 15) is 14.9 Å². The summed E-state index contributed by atoms with van der Waals surface area (Å²) >= 11 is 0. The summed E-state index contributed by atoms with van der Waals surface area (Å²) in [7, 11) is 0. The summed E-state index contributed by atoms with van der Waals surface area (Å²) in [6, 6.07) is 12.9. The summed E-state index contributed by atoms with van der Waals surface area (Å²) in [6.45, 7) is 1.53. The van der Waals surface area contributed by atoms with Crippen molar-refractivity contribution in [2.75, 3.05) is 11.4 Å². The summed E-state index contributed by atoms with van der Waals surface area (Å²) < 4.78 is 0. The number of hydrogen-bond donors (Lipinski definition) is 1. The second-order valence-electron chi connectivity index (χ2n) is 5.65. The van der Waals surface area contributed by atoms with Crippen LogP contribution in [-0.2, 0) is 24.2 Å². The van der Waals surface area contributed by atoms with Gasteiger partial charge in [-0.05, 0) is 29.2 Å². The minimum Gasteiger partial charge on any atom is -0.369 e. The highest BCUT2D eigenvalue weighted by molar-refractivity contribution is 5.79. The number of primary amides is 1. The third kappa shape index (κ3) is 3.15. The lowest BCUT2D eigenvalue weighted by Gasteiger charge is -2.32. The van der Waals surface area contributed by atoms with E-state index in [1.54, 1.807) is 6.07 Å². The Morgan fingerprint density at radius 3 is 2.65 bits per heavy atom. The van der Waals surface area contributed by atoms with Gasteiger partial charge in [-0.2, -0.15) is 0 Å². The number of anilines is 1. The number of non-ortho nitro benzene ring substituents is 1. The highest BCUT2D eigenvalue weighted by Crippen LogP contribution is 2.30. The molecule has 1 aliphatic rings. The van der Waals surface area contributed by atoms with Crippen LogP contribution in [0.1, 0.15) is 16.7 Å². The fourth-order valence-corrected chi connectivity index (χ4v) is 3.02. The summed E-state index contributed by atoms with van der Waals surface area (Å²) in [5, 5.41) is 11.0. The SMILES string of the molecule is NC(=O)Cc1cc([N+](=O)[O-])ccc1N1CCc2ccccc2C1. The van der Waals surface area contributed by atoms with Gasteiger partial charge in [0.25, 0.3) is 5.69 Å². The van der Waals surface area contributed by atoms with Crippen LogP contribution in [0, 0.1) is 10.1 Å². The molecule has 0 aliphatic carbocycles. The number of carbonyl (C=O) groups excluding carboxylic acids is 1. The van der Waals surface area contributed by atoms with Crippen LogP contribution < -0.4 is 10.6 Å². The van der Waals surface area contributed by atoms with Gasteiger partial charge in [0.15, 0.2) is 0 Å². The number of nitro groups is 1. The third-order valence-corrected chi connectivity index (χ3v) is 4.11. The minimum absolute atomic E-state index is 0.00480.